The van der Waals surface area contributed by atoms with E-state index in [1.165, 1.54) is 289 Å². The molecule has 0 radical (unpaired) electrons. The first kappa shape index (κ1) is 82.2. The summed E-state index contributed by atoms with van der Waals surface area (Å²) in [7, 11) is 1.57. The second-order valence-electron chi connectivity index (χ2n) is 26.3. The quantitative estimate of drug-likeness (QED) is 0.0243. The number of allylic oxidation sites excluding steroid dienone is 9. The van der Waals surface area contributed by atoms with E-state index in [1.54, 1.807) is 6.08 Å². The Balaban J connectivity index is 3.94. The number of nitrogens with one attached hydrogen (secondary N) is 1. The fourth-order valence-corrected chi connectivity index (χ4v) is 11.7. The van der Waals surface area contributed by atoms with E-state index < -0.39 is 20.0 Å². The molecule has 0 aromatic rings. The Bertz CT molecular complexity index is 1550. The third kappa shape index (κ3) is 67.7. The number of carbonyl (C=O) groups is 1. The van der Waals surface area contributed by atoms with Gasteiger partial charge in [-0.3, -0.25) is 13.8 Å². The molecule has 0 saturated carbocycles. The van der Waals surface area contributed by atoms with Crippen LogP contribution in [-0.4, -0.2) is 73.4 Å². The van der Waals surface area contributed by atoms with E-state index in [2.05, 4.69) is 67.8 Å². The summed E-state index contributed by atoms with van der Waals surface area (Å²) in [6.07, 6.45) is 91.1. The van der Waals surface area contributed by atoms with Crippen molar-refractivity contribution in [2.24, 2.45) is 0 Å². The van der Waals surface area contributed by atoms with Crippen LogP contribution in [0.4, 0.5) is 0 Å². The Hall–Kier alpha value is -1.80. The zero-order valence-corrected chi connectivity index (χ0v) is 57.5. The number of carbonyl (C=O) groups excluding carboxylic acids is 1. The molecule has 0 heterocycles. The Kier molecular flexibility index (Phi) is 64.2. The number of aliphatic hydroxyl groups excluding tert-OH is 1. The van der Waals surface area contributed by atoms with Crippen molar-refractivity contribution >= 4 is 13.7 Å². The van der Waals surface area contributed by atoms with Crippen LogP contribution >= 0.6 is 7.82 Å². The van der Waals surface area contributed by atoms with Gasteiger partial charge in [-0.2, -0.15) is 0 Å². The van der Waals surface area contributed by atoms with Gasteiger partial charge in [-0.05, 0) is 70.6 Å². The lowest BCUT2D eigenvalue weighted by Gasteiger charge is -2.25. The van der Waals surface area contributed by atoms with Gasteiger partial charge in [0, 0.05) is 6.42 Å². The number of phosphoric acid groups is 1. The maximum Gasteiger partial charge on any atom is 0.472 e. The fraction of sp³-hybridized carbons (Fsp3) is 0.853. The molecule has 0 bridgehead atoms. The molecule has 0 aliphatic carbocycles. The van der Waals surface area contributed by atoms with Crippen molar-refractivity contribution in [1.29, 1.82) is 0 Å². The van der Waals surface area contributed by atoms with Crippen LogP contribution in [0.2, 0.25) is 0 Å². The summed E-state index contributed by atoms with van der Waals surface area (Å²) in [6.45, 7) is 4.83. The second-order valence-corrected chi connectivity index (χ2v) is 27.8. The summed E-state index contributed by atoms with van der Waals surface area (Å²) in [5, 5.41) is 14.0. The predicted octanol–water partition coefficient (Wildman–Crippen LogP) is 23.6. The van der Waals surface area contributed by atoms with E-state index in [0.717, 1.165) is 51.4 Å². The standard InChI is InChI=1S/C75H143N2O6P/c1-6-8-10-12-14-16-18-20-22-24-26-28-29-30-31-32-33-34-35-36-37-38-39-40-41-42-43-44-45-46-47-49-51-53-55-57-59-61-63-65-67-69-75(79)76-73(72-83-84(80,81)82-71-70-77(3,4)5)74(78)68-66-64-62-60-58-56-54-52-50-48-27-25-23-21-19-17-15-13-11-9-7-2/h18,20,24,26,29-30,58,60,66,68,73-74,78H,6-17,19,21-23,25,27-28,31-57,59,61-65,67,69-72H2,1-5H3,(H-,76,79,80,81)/p+1/b20-18-,26-24-,30-29-,60-58+,68-66+. The zero-order chi connectivity index (χ0) is 61.2. The average molecular weight is 1200 g/mol. The van der Waals surface area contributed by atoms with E-state index in [4.69, 9.17) is 9.05 Å². The largest absolute Gasteiger partial charge is 0.472 e. The molecule has 0 saturated heterocycles. The van der Waals surface area contributed by atoms with E-state index in [9.17, 15) is 19.4 Å². The normalized spacial score (nSPS) is 13.9. The molecule has 84 heavy (non-hydrogen) atoms. The van der Waals surface area contributed by atoms with Gasteiger partial charge in [0.25, 0.3) is 0 Å². The molecule has 0 spiro atoms. The van der Waals surface area contributed by atoms with Crippen molar-refractivity contribution in [1.82, 2.24) is 5.32 Å². The number of rotatable bonds is 68. The van der Waals surface area contributed by atoms with Gasteiger partial charge in [-0.15, -0.1) is 0 Å². The number of likely N-dealkylation sites (N-methyl/N-ethyl adjacent to an activating group) is 1. The van der Waals surface area contributed by atoms with E-state index in [-0.39, 0.29) is 19.1 Å². The molecule has 8 nitrogen and oxygen atoms in total. The third-order valence-electron chi connectivity index (χ3n) is 16.7. The molecule has 0 aliphatic rings. The van der Waals surface area contributed by atoms with Crippen LogP contribution in [0.1, 0.15) is 361 Å². The minimum atomic E-state index is -4.36. The molecule has 3 unspecified atom stereocenters. The van der Waals surface area contributed by atoms with Crippen LogP contribution in [0.5, 0.6) is 0 Å². The van der Waals surface area contributed by atoms with Gasteiger partial charge in [0.05, 0.1) is 39.9 Å². The number of amides is 1. The third-order valence-corrected chi connectivity index (χ3v) is 17.7. The van der Waals surface area contributed by atoms with Gasteiger partial charge >= 0.3 is 7.82 Å². The zero-order valence-electron chi connectivity index (χ0n) is 56.7. The highest BCUT2D eigenvalue weighted by Crippen LogP contribution is 2.43. The van der Waals surface area contributed by atoms with Crippen molar-refractivity contribution in [3.8, 4) is 0 Å². The molecule has 0 fully saturated rings. The van der Waals surface area contributed by atoms with Crippen LogP contribution in [0, 0.1) is 0 Å². The van der Waals surface area contributed by atoms with Crippen molar-refractivity contribution in [3.05, 3.63) is 60.8 Å². The molecule has 3 atom stereocenters. The van der Waals surface area contributed by atoms with Gasteiger partial charge in [-0.1, -0.05) is 344 Å². The van der Waals surface area contributed by atoms with Crippen molar-refractivity contribution < 1.29 is 32.9 Å². The Labute approximate surface area is 523 Å². The number of unbranched alkanes of at least 4 members (excludes halogenated alkanes) is 47. The predicted molar refractivity (Wildman–Crippen MR) is 369 cm³/mol. The van der Waals surface area contributed by atoms with Crippen LogP contribution in [0.3, 0.4) is 0 Å². The number of nitrogens with zero attached hydrogens (tertiary/aromatic N) is 1. The maximum absolute atomic E-state index is 13.0. The maximum atomic E-state index is 13.0. The van der Waals surface area contributed by atoms with Gasteiger partial charge < -0.3 is 19.8 Å². The number of hydrogen-bond donors (Lipinski definition) is 3. The summed E-state index contributed by atoms with van der Waals surface area (Å²) in [6, 6.07) is -0.864. The molecule has 0 aliphatic heterocycles. The van der Waals surface area contributed by atoms with Crippen LogP contribution in [0.15, 0.2) is 60.8 Å². The van der Waals surface area contributed by atoms with E-state index in [1.807, 2.05) is 27.2 Å². The summed E-state index contributed by atoms with van der Waals surface area (Å²) in [5.41, 5.74) is 0. The summed E-state index contributed by atoms with van der Waals surface area (Å²) in [5.74, 6) is -0.180. The molecule has 494 valence electrons. The average Bonchev–Trinajstić information content (AvgIpc) is 3.56. The molecule has 0 aromatic heterocycles. The first-order valence-electron chi connectivity index (χ1n) is 36.7. The van der Waals surface area contributed by atoms with Crippen LogP contribution in [0.25, 0.3) is 0 Å². The number of quaternary nitrogens is 1. The molecular weight excluding hydrogens is 1060 g/mol. The highest BCUT2D eigenvalue weighted by Gasteiger charge is 2.28. The lowest BCUT2D eigenvalue weighted by Crippen LogP contribution is -2.45. The summed E-state index contributed by atoms with van der Waals surface area (Å²) < 4.78 is 23.8. The first-order valence-corrected chi connectivity index (χ1v) is 38.2. The fourth-order valence-electron chi connectivity index (χ4n) is 11.0. The molecule has 3 N–H and O–H groups in total. The van der Waals surface area contributed by atoms with Crippen molar-refractivity contribution in [2.45, 2.75) is 373 Å². The summed E-state index contributed by atoms with van der Waals surface area (Å²) in [4.78, 5) is 23.4. The molecule has 0 aromatic carbocycles. The Morgan fingerprint density at radius 3 is 1.04 bits per heavy atom. The Morgan fingerprint density at radius 2 is 0.690 bits per heavy atom. The van der Waals surface area contributed by atoms with Crippen molar-refractivity contribution in [3.63, 3.8) is 0 Å². The Morgan fingerprint density at radius 1 is 0.405 bits per heavy atom. The number of aliphatic hydroxyl groups is 1. The highest BCUT2D eigenvalue weighted by molar-refractivity contribution is 7.47. The minimum Gasteiger partial charge on any atom is -0.387 e. The molecular formula is C75H144N2O6P+. The number of phosphoric ester groups is 1. The monoisotopic (exact) mass is 1200 g/mol. The van der Waals surface area contributed by atoms with Crippen molar-refractivity contribution in [2.75, 3.05) is 40.9 Å². The number of hydrogen-bond acceptors (Lipinski definition) is 5. The lowest BCUT2D eigenvalue weighted by molar-refractivity contribution is -0.870. The van der Waals surface area contributed by atoms with E-state index in [0.29, 0.717) is 17.4 Å². The van der Waals surface area contributed by atoms with Gasteiger partial charge in [0.1, 0.15) is 13.2 Å². The molecule has 1 amide bonds. The smallest absolute Gasteiger partial charge is 0.387 e. The van der Waals surface area contributed by atoms with Gasteiger partial charge in [0.15, 0.2) is 0 Å². The SMILES string of the molecule is CCCCCCC/C=C\C/C=C\C/C=C\CCCCCCCCCCCCCCCCCCCCCCCCCCCCC(=O)NC(COP(=O)(O)OCC[N+](C)(C)C)C(O)/C=C/CC/C=C/CCCCCCCCCCCCCCCCC. The lowest BCUT2D eigenvalue weighted by atomic mass is 10.0. The van der Waals surface area contributed by atoms with Gasteiger partial charge in [0.2, 0.25) is 5.91 Å². The first-order chi connectivity index (χ1) is 41.0. The summed E-state index contributed by atoms with van der Waals surface area (Å²) >= 11 is 0. The second kappa shape index (κ2) is 65.6. The highest BCUT2D eigenvalue weighted by atomic mass is 31.2. The van der Waals surface area contributed by atoms with Gasteiger partial charge in [-0.25, -0.2) is 4.57 Å². The molecule has 0 rings (SSSR count). The van der Waals surface area contributed by atoms with Crippen LogP contribution in [-0.2, 0) is 18.4 Å². The van der Waals surface area contributed by atoms with Crippen LogP contribution < -0.4 is 5.32 Å². The minimum absolute atomic E-state index is 0.0572. The molecule has 9 heteroatoms. The van der Waals surface area contributed by atoms with E-state index >= 15 is 0 Å². The topological polar surface area (TPSA) is 105 Å².